The molecule has 1 saturated heterocycles. The SMILES string of the molecule is CC1CNCCN1c1ncn[nH]1. The van der Waals surface area contributed by atoms with Crippen LogP contribution in [0, 0.1) is 0 Å². The molecule has 2 heterocycles. The summed E-state index contributed by atoms with van der Waals surface area (Å²) in [5, 5.41) is 10.0. The van der Waals surface area contributed by atoms with Crippen LogP contribution in [-0.4, -0.2) is 40.9 Å². The van der Waals surface area contributed by atoms with Crippen LogP contribution in [0.1, 0.15) is 6.92 Å². The molecule has 1 unspecified atom stereocenters. The molecule has 1 atom stereocenters. The Morgan fingerprint density at radius 1 is 1.67 bits per heavy atom. The number of H-pyrrole nitrogens is 1. The largest absolute Gasteiger partial charge is 0.336 e. The van der Waals surface area contributed by atoms with Gasteiger partial charge >= 0.3 is 0 Å². The highest BCUT2D eigenvalue weighted by molar-refractivity contribution is 5.30. The van der Waals surface area contributed by atoms with E-state index in [9.17, 15) is 0 Å². The number of aromatic amines is 1. The smallest absolute Gasteiger partial charge is 0.221 e. The fourth-order valence-electron chi connectivity index (χ4n) is 1.49. The Morgan fingerprint density at radius 2 is 2.58 bits per heavy atom. The van der Waals surface area contributed by atoms with Gasteiger partial charge in [-0.25, -0.2) is 5.10 Å². The van der Waals surface area contributed by atoms with Crippen molar-refractivity contribution < 1.29 is 0 Å². The highest BCUT2D eigenvalue weighted by Gasteiger charge is 2.19. The van der Waals surface area contributed by atoms with E-state index in [1.807, 2.05) is 0 Å². The normalized spacial score (nSPS) is 24.4. The van der Waals surface area contributed by atoms with Crippen LogP contribution in [-0.2, 0) is 0 Å². The molecule has 1 aliphatic heterocycles. The van der Waals surface area contributed by atoms with E-state index in [0.29, 0.717) is 6.04 Å². The van der Waals surface area contributed by atoms with E-state index >= 15 is 0 Å². The fourth-order valence-corrected chi connectivity index (χ4v) is 1.49. The first kappa shape index (κ1) is 7.54. The quantitative estimate of drug-likeness (QED) is 0.597. The molecule has 0 amide bonds. The maximum absolute atomic E-state index is 4.12. The number of aromatic nitrogens is 3. The van der Waals surface area contributed by atoms with Crippen LogP contribution in [0.25, 0.3) is 0 Å². The Labute approximate surface area is 71.2 Å². The number of rotatable bonds is 1. The van der Waals surface area contributed by atoms with Crippen molar-refractivity contribution in [2.45, 2.75) is 13.0 Å². The summed E-state index contributed by atoms with van der Waals surface area (Å²) in [7, 11) is 0. The van der Waals surface area contributed by atoms with Crippen molar-refractivity contribution >= 4 is 5.95 Å². The Morgan fingerprint density at radius 3 is 3.25 bits per heavy atom. The first-order chi connectivity index (χ1) is 5.88. The lowest BCUT2D eigenvalue weighted by Gasteiger charge is -2.33. The van der Waals surface area contributed by atoms with Gasteiger partial charge in [0.05, 0.1) is 0 Å². The zero-order valence-electron chi connectivity index (χ0n) is 7.12. The van der Waals surface area contributed by atoms with Gasteiger partial charge in [0.15, 0.2) is 0 Å². The molecule has 2 N–H and O–H groups in total. The van der Waals surface area contributed by atoms with Crippen LogP contribution in [0.5, 0.6) is 0 Å². The molecule has 1 fully saturated rings. The molecule has 2 rings (SSSR count). The van der Waals surface area contributed by atoms with Gasteiger partial charge in [-0.2, -0.15) is 10.1 Å². The average Bonchev–Trinajstić information content (AvgIpc) is 2.57. The summed E-state index contributed by atoms with van der Waals surface area (Å²) in [4.78, 5) is 6.35. The molecule has 1 aliphatic rings. The molecule has 0 spiro atoms. The first-order valence-corrected chi connectivity index (χ1v) is 4.20. The van der Waals surface area contributed by atoms with E-state index in [4.69, 9.17) is 0 Å². The summed E-state index contributed by atoms with van der Waals surface area (Å²) in [5.74, 6) is 0.879. The third-order valence-corrected chi connectivity index (χ3v) is 2.18. The summed E-state index contributed by atoms with van der Waals surface area (Å²) < 4.78 is 0. The number of hydrogen-bond acceptors (Lipinski definition) is 4. The van der Waals surface area contributed by atoms with Crippen LogP contribution >= 0.6 is 0 Å². The van der Waals surface area contributed by atoms with Gasteiger partial charge < -0.3 is 10.2 Å². The molecule has 1 aromatic rings. The summed E-state index contributed by atoms with van der Waals surface area (Å²) in [5.41, 5.74) is 0. The van der Waals surface area contributed by atoms with Crippen LogP contribution in [0.15, 0.2) is 6.33 Å². The first-order valence-electron chi connectivity index (χ1n) is 4.20. The summed E-state index contributed by atoms with van der Waals surface area (Å²) in [6.45, 7) is 5.21. The Hall–Kier alpha value is -1.10. The number of anilines is 1. The molecule has 66 valence electrons. The number of nitrogens with zero attached hydrogens (tertiary/aromatic N) is 3. The topological polar surface area (TPSA) is 56.8 Å². The fraction of sp³-hybridized carbons (Fsp3) is 0.714. The third-order valence-electron chi connectivity index (χ3n) is 2.18. The molecule has 1 aromatic heterocycles. The Kier molecular flexibility index (Phi) is 1.95. The van der Waals surface area contributed by atoms with E-state index in [1.54, 1.807) is 6.33 Å². The Bertz CT molecular complexity index is 232. The highest BCUT2D eigenvalue weighted by Crippen LogP contribution is 2.10. The zero-order valence-corrected chi connectivity index (χ0v) is 7.12. The van der Waals surface area contributed by atoms with Crippen LogP contribution in [0.4, 0.5) is 5.95 Å². The molecule has 0 saturated carbocycles. The second kappa shape index (κ2) is 3.10. The standard InChI is InChI=1S/C7H13N5/c1-6-4-8-2-3-12(6)7-9-5-10-11-7/h5-6,8H,2-4H2,1H3,(H,9,10,11). The van der Waals surface area contributed by atoms with Gasteiger partial charge in [0, 0.05) is 25.7 Å². The summed E-state index contributed by atoms with van der Waals surface area (Å²) >= 11 is 0. The van der Waals surface area contributed by atoms with Gasteiger partial charge in [0.2, 0.25) is 5.95 Å². The van der Waals surface area contributed by atoms with Crippen LogP contribution in [0.2, 0.25) is 0 Å². The predicted molar refractivity (Wildman–Crippen MR) is 46.1 cm³/mol. The Balaban J connectivity index is 2.11. The minimum absolute atomic E-state index is 0.492. The minimum atomic E-state index is 0.492. The summed E-state index contributed by atoms with van der Waals surface area (Å²) in [6.07, 6.45) is 1.55. The molecule has 0 bridgehead atoms. The number of nitrogens with one attached hydrogen (secondary N) is 2. The van der Waals surface area contributed by atoms with Gasteiger partial charge in [0.25, 0.3) is 0 Å². The maximum atomic E-state index is 4.12. The van der Waals surface area contributed by atoms with Gasteiger partial charge in [0.1, 0.15) is 6.33 Å². The van der Waals surface area contributed by atoms with E-state index in [-0.39, 0.29) is 0 Å². The predicted octanol–water partition coefficient (Wildman–Crippen LogP) is -0.397. The molecule has 5 nitrogen and oxygen atoms in total. The number of piperazine rings is 1. The molecular weight excluding hydrogens is 154 g/mol. The lowest BCUT2D eigenvalue weighted by molar-refractivity contribution is 0.493. The van der Waals surface area contributed by atoms with Gasteiger partial charge in [-0.15, -0.1) is 0 Å². The van der Waals surface area contributed by atoms with Crippen molar-refractivity contribution in [1.29, 1.82) is 0 Å². The van der Waals surface area contributed by atoms with Crippen molar-refractivity contribution in [3.8, 4) is 0 Å². The molecule has 0 aliphatic carbocycles. The van der Waals surface area contributed by atoms with Crippen molar-refractivity contribution in [2.75, 3.05) is 24.5 Å². The summed E-state index contributed by atoms with van der Waals surface area (Å²) in [6, 6.07) is 0.492. The lowest BCUT2D eigenvalue weighted by atomic mass is 10.2. The zero-order chi connectivity index (χ0) is 8.39. The molecular formula is C7H13N5. The van der Waals surface area contributed by atoms with Gasteiger partial charge in [-0.3, -0.25) is 0 Å². The average molecular weight is 167 g/mol. The lowest BCUT2D eigenvalue weighted by Crippen LogP contribution is -2.50. The maximum Gasteiger partial charge on any atom is 0.221 e. The highest BCUT2D eigenvalue weighted by atomic mass is 15.4. The third kappa shape index (κ3) is 1.27. The van der Waals surface area contributed by atoms with Crippen molar-refractivity contribution in [3.63, 3.8) is 0 Å². The van der Waals surface area contributed by atoms with E-state index in [0.717, 1.165) is 25.6 Å². The number of hydrogen-bond donors (Lipinski definition) is 2. The molecule has 12 heavy (non-hydrogen) atoms. The van der Waals surface area contributed by atoms with E-state index < -0.39 is 0 Å². The minimum Gasteiger partial charge on any atom is -0.336 e. The molecule has 0 aromatic carbocycles. The van der Waals surface area contributed by atoms with E-state index in [1.165, 1.54) is 0 Å². The second-order valence-corrected chi connectivity index (χ2v) is 3.06. The van der Waals surface area contributed by atoms with Gasteiger partial charge in [-0.1, -0.05) is 0 Å². The van der Waals surface area contributed by atoms with Crippen molar-refractivity contribution in [3.05, 3.63) is 6.33 Å². The van der Waals surface area contributed by atoms with Crippen LogP contribution < -0.4 is 10.2 Å². The van der Waals surface area contributed by atoms with E-state index in [2.05, 4.69) is 32.3 Å². The van der Waals surface area contributed by atoms with Gasteiger partial charge in [-0.05, 0) is 6.92 Å². The van der Waals surface area contributed by atoms with Crippen molar-refractivity contribution in [1.82, 2.24) is 20.5 Å². The second-order valence-electron chi connectivity index (χ2n) is 3.06. The monoisotopic (exact) mass is 167 g/mol. The molecule has 0 radical (unpaired) electrons. The molecule has 5 heteroatoms. The van der Waals surface area contributed by atoms with Crippen molar-refractivity contribution in [2.24, 2.45) is 0 Å². The van der Waals surface area contributed by atoms with Crippen LogP contribution in [0.3, 0.4) is 0 Å².